The molecule has 1 saturated heterocycles. The summed E-state index contributed by atoms with van der Waals surface area (Å²) in [5.74, 6) is 0.138. The molecule has 2 fully saturated rings. The lowest BCUT2D eigenvalue weighted by molar-refractivity contribution is -0.126. The molecule has 0 spiro atoms. The third kappa shape index (κ3) is 3.96. The van der Waals surface area contributed by atoms with E-state index >= 15 is 0 Å². The van der Waals surface area contributed by atoms with Gasteiger partial charge in [-0.15, -0.1) is 0 Å². The molecular formula is C19H28N2O3S. The highest BCUT2D eigenvalue weighted by molar-refractivity contribution is 7.89. The van der Waals surface area contributed by atoms with E-state index in [1.165, 1.54) is 0 Å². The van der Waals surface area contributed by atoms with Gasteiger partial charge >= 0.3 is 0 Å². The normalized spacial score (nSPS) is 25.6. The quantitative estimate of drug-likeness (QED) is 0.806. The Morgan fingerprint density at radius 1 is 1.08 bits per heavy atom. The van der Waals surface area contributed by atoms with Crippen molar-refractivity contribution in [2.45, 2.75) is 56.0 Å². The maximum absolute atomic E-state index is 13.1. The molecule has 1 aromatic rings. The highest BCUT2D eigenvalue weighted by Crippen LogP contribution is 2.35. The second-order valence-corrected chi connectivity index (χ2v) is 9.42. The standard InChI is InChI=1S/C19H28N2O3S/c1-20(2)14-15-9-11-16(12-10-15)25(23,24)21-13-5-7-18(21)17-6-3-4-8-19(17)22/h9-12,17-18H,3-8,13-14H2,1-2H3. The molecule has 3 rings (SSSR count). The van der Waals surface area contributed by atoms with Gasteiger partial charge in [0.1, 0.15) is 5.78 Å². The van der Waals surface area contributed by atoms with Crippen LogP contribution in [-0.4, -0.2) is 50.1 Å². The first-order valence-electron chi connectivity index (χ1n) is 9.18. The minimum atomic E-state index is -3.54. The van der Waals surface area contributed by atoms with Crippen molar-refractivity contribution in [1.29, 1.82) is 0 Å². The number of hydrogen-bond donors (Lipinski definition) is 0. The Kier molecular flexibility index (Phi) is 5.61. The molecule has 2 unspecified atom stereocenters. The van der Waals surface area contributed by atoms with Crippen molar-refractivity contribution < 1.29 is 13.2 Å². The summed E-state index contributed by atoms with van der Waals surface area (Å²) in [6.45, 7) is 1.31. The molecule has 0 N–H and O–H groups in total. The van der Waals surface area contributed by atoms with E-state index in [9.17, 15) is 13.2 Å². The number of ketones is 1. The maximum Gasteiger partial charge on any atom is 0.243 e. The van der Waals surface area contributed by atoms with Crippen LogP contribution in [0.5, 0.6) is 0 Å². The van der Waals surface area contributed by atoms with Crippen LogP contribution in [-0.2, 0) is 21.4 Å². The Hall–Kier alpha value is -1.24. The molecule has 1 aliphatic carbocycles. The van der Waals surface area contributed by atoms with Gasteiger partial charge in [-0.25, -0.2) is 8.42 Å². The van der Waals surface area contributed by atoms with E-state index in [-0.39, 0.29) is 17.7 Å². The second kappa shape index (κ2) is 7.56. The zero-order chi connectivity index (χ0) is 18.0. The van der Waals surface area contributed by atoms with Gasteiger partial charge < -0.3 is 4.90 Å². The minimum absolute atomic E-state index is 0.112. The molecule has 1 saturated carbocycles. The van der Waals surface area contributed by atoms with Crippen LogP contribution in [0, 0.1) is 5.92 Å². The van der Waals surface area contributed by atoms with Gasteiger partial charge in [0.05, 0.1) is 4.90 Å². The highest BCUT2D eigenvalue weighted by atomic mass is 32.2. The third-order valence-electron chi connectivity index (χ3n) is 5.34. The van der Waals surface area contributed by atoms with Crippen LogP contribution in [0.1, 0.15) is 44.1 Å². The fourth-order valence-corrected chi connectivity index (χ4v) is 5.88. The van der Waals surface area contributed by atoms with Crippen LogP contribution in [0.4, 0.5) is 0 Å². The molecule has 2 aliphatic rings. The lowest BCUT2D eigenvalue weighted by Crippen LogP contribution is -2.43. The van der Waals surface area contributed by atoms with E-state index in [1.54, 1.807) is 16.4 Å². The van der Waals surface area contributed by atoms with Crippen LogP contribution in [0.2, 0.25) is 0 Å². The van der Waals surface area contributed by atoms with Gasteiger partial charge in [-0.05, 0) is 57.5 Å². The van der Waals surface area contributed by atoms with E-state index in [1.807, 2.05) is 26.2 Å². The Morgan fingerprint density at radius 3 is 2.44 bits per heavy atom. The smallest absolute Gasteiger partial charge is 0.243 e. The highest BCUT2D eigenvalue weighted by Gasteiger charge is 2.42. The van der Waals surface area contributed by atoms with Crippen molar-refractivity contribution in [2.75, 3.05) is 20.6 Å². The number of Topliss-reactive ketones (excluding diaryl/α,β-unsaturated/α-hetero) is 1. The Balaban J connectivity index is 1.81. The van der Waals surface area contributed by atoms with Gasteiger partial charge in [-0.2, -0.15) is 4.31 Å². The molecule has 5 nitrogen and oxygen atoms in total. The predicted molar refractivity (Wildman–Crippen MR) is 97.7 cm³/mol. The first-order chi connectivity index (χ1) is 11.9. The summed E-state index contributed by atoms with van der Waals surface area (Å²) in [5, 5.41) is 0. The molecule has 0 amide bonds. The van der Waals surface area contributed by atoms with Crippen LogP contribution in [0.25, 0.3) is 0 Å². The fourth-order valence-electron chi connectivity index (χ4n) is 4.15. The van der Waals surface area contributed by atoms with Crippen LogP contribution < -0.4 is 0 Å². The first-order valence-corrected chi connectivity index (χ1v) is 10.6. The topological polar surface area (TPSA) is 57.7 Å². The molecule has 138 valence electrons. The molecule has 0 aromatic heterocycles. The van der Waals surface area contributed by atoms with Crippen molar-refractivity contribution in [3.63, 3.8) is 0 Å². The Labute approximate surface area is 151 Å². The van der Waals surface area contributed by atoms with E-state index in [4.69, 9.17) is 0 Å². The van der Waals surface area contributed by atoms with Crippen molar-refractivity contribution in [3.8, 4) is 0 Å². The summed E-state index contributed by atoms with van der Waals surface area (Å²) in [4.78, 5) is 14.7. The van der Waals surface area contributed by atoms with Gasteiger partial charge in [0, 0.05) is 31.5 Å². The molecular weight excluding hydrogens is 336 g/mol. The summed E-state index contributed by atoms with van der Waals surface area (Å²) in [6.07, 6.45) is 5.05. The summed E-state index contributed by atoms with van der Waals surface area (Å²) in [6, 6.07) is 7.01. The largest absolute Gasteiger partial charge is 0.305 e. The van der Waals surface area contributed by atoms with E-state index in [0.717, 1.165) is 44.2 Å². The summed E-state index contributed by atoms with van der Waals surface area (Å²) < 4.78 is 27.9. The first kappa shape index (κ1) is 18.5. The van der Waals surface area contributed by atoms with Crippen LogP contribution in [0.3, 0.4) is 0 Å². The molecule has 1 heterocycles. The second-order valence-electron chi connectivity index (χ2n) is 7.53. The molecule has 1 aromatic carbocycles. The molecule has 1 aliphatic heterocycles. The molecule has 2 atom stereocenters. The van der Waals surface area contributed by atoms with Crippen molar-refractivity contribution in [1.82, 2.24) is 9.21 Å². The molecule has 25 heavy (non-hydrogen) atoms. The maximum atomic E-state index is 13.1. The van der Waals surface area contributed by atoms with Gasteiger partial charge in [-0.3, -0.25) is 4.79 Å². The lowest BCUT2D eigenvalue weighted by atomic mass is 9.82. The number of carbonyl (C=O) groups is 1. The van der Waals surface area contributed by atoms with E-state index in [0.29, 0.717) is 17.9 Å². The number of carbonyl (C=O) groups excluding carboxylic acids is 1. The minimum Gasteiger partial charge on any atom is -0.305 e. The Morgan fingerprint density at radius 2 is 1.80 bits per heavy atom. The van der Waals surface area contributed by atoms with Crippen molar-refractivity contribution >= 4 is 15.8 Å². The number of rotatable bonds is 5. The molecule has 0 radical (unpaired) electrons. The van der Waals surface area contributed by atoms with Gasteiger partial charge in [0.2, 0.25) is 10.0 Å². The van der Waals surface area contributed by atoms with E-state index < -0.39 is 10.0 Å². The summed E-state index contributed by atoms with van der Waals surface area (Å²) >= 11 is 0. The number of hydrogen-bond acceptors (Lipinski definition) is 4. The van der Waals surface area contributed by atoms with Crippen molar-refractivity contribution in [2.24, 2.45) is 5.92 Å². The van der Waals surface area contributed by atoms with Crippen molar-refractivity contribution in [3.05, 3.63) is 29.8 Å². The number of benzene rings is 1. The number of sulfonamides is 1. The summed E-state index contributed by atoms with van der Waals surface area (Å²) in [7, 11) is 0.435. The third-order valence-corrected chi connectivity index (χ3v) is 7.28. The van der Waals surface area contributed by atoms with Crippen LogP contribution >= 0.6 is 0 Å². The SMILES string of the molecule is CN(C)Cc1ccc(S(=O)(=O)N2CCCC2C2CCCCC2=O)cc1. The zero-order valence-electron chi connectivity index (χ0n) is 15.1. The molecule has 0 bridgehead atoms. The molecule has 6 heteroatoms. The monoisotopic (exact) mass is 364 g/mol. The average Bonchev–Trinajstić information content (AvgIpc) is 3.05. The van der Waals surface area contributed by atoms with Gasteiger partial charge in [-0.1, -0.05) is 18.6 Å². The Bertz CT molecular complexity index is 713. The lowest BCUT2D eigenvalue weighted by Gasteiger charge is -2.32. The fraction of sp³-hybridized carbons (Fsp3) is 0.632. The van der Waals surface area contributed by atoms with Gasteiger partial charge in [0.25, 0.3) is 0 Å². The van der Waals surface area contributed by atoms with Crippen LogP contribution in [0.15, 0.2) is 29.2 Å². The predicted octanol–water partition coefficient (Wildman–Crippen LogP) is 2.66. The zero-order valence-corrected chi connectivity index (χ0v) is 16.0. The summed E-state index contributed by atoms with van der Waals surface area (Å²) in [5.41, 5.74) is 1.09. The average molecular weight is 365 g/mol. The van der Waals surface area contributed by atoms with E-state index in [2.05, 4.69) is 4.90 Å². The van der Waals surface area contributed by atoms with Gasteiger partial charge in [0.15, 0.2) is 0 Å². The number of nitrogens with zero attached hydrogens (tertiary/aromatic N) is 2.